The highest BCUT2D eigenvalue weighted by Gasteiger charge is 2.03. The summed E-state index contributed by atoms with van der Waals surface area (Å²) in [5.41, 5.74) is 7.80. The van der Waals surface area contributed by atoms with Crippen LogP contribution in [0.1, 0.15) is 11.1 Å². The van der Waals surface area contributed by atoms with E-state index in [0.29, 0.717) is 23.6 Å². The van der Waals surface area contributed by atoms with Crippen molar-refractivity contribution in [2.24, 2.45) is 0 Å². The molecule has 0 unspecified atom stereocenters. The van der Waals surface area contributed by atoms with Crippen LogP contribution in [0, 0.1) is 5.82 Å². The molecule has 2 N–H and O–H groups in total. The fourth-order valence-corrected chi connectivity index (χ4v) is 1.78. The van der Waals surface area contributed by atoms with Crippen LogP contribution in [0.4, 0.5) is 10.1 Å². The van der Waals surface area contributed by atoms with Gasteiger partial charge in [0.15, 0.2) is 0 Å². The summed E-state index contributed by atoms with van der Waals surface area (Å²) in [7, 11) is 1.58. The summed E-state index contributed by atoms with van der Waals surface area (Å²) in [6, 6.07) is 12.0. The van der Waals surface area contributed by atoms with Crippen LogP contribution in [0.5, 0.6) is 5.75 Å². The van der Waals surface area contributed by atoms with Crippen molar-refractivity contribution in [3.05, 3.63) is 59.4 Å². The first-order valence-corrected chi connectivity index (χ1v) is 5.93. The Kier molecular flexibility index (Phi) is 4.36. The molecule has 0 saturated heterocycles. The molecule has 2 aromatic carbocycles. The summed E-state index contributed by atoms with van der Waals surface area (Å²) in [5, 5.41) is 0. The number of halogens is 1. The highest BCUT2D eigenvalue weighted by Crippen LogP contribution is 2.19. The molecule has 3 nitrogen and oxygen atoms in total. The van der Waals surface area contributed by atoms with E-state index in [9.17, 15) is 4.39 Å². The number of anilines is 1. The van der Waals surface area contributed by atoms with Crippen LogP contribution in [-0.4, -0.2) is 7.11 Å². The van der Waals surface area contributed by atoms with Crippen molar-refractivity contribution in [3.63, 3.8) is 0 Å². The maximum Gasteiger partial charge on any atom is 0.128 e. The summed E-state index contributed by atoms with van der Waals surface area (Å²) >= 11 is 0. The van der Waals surface area contributed by atoms with Gasteiger partial charge in [-0.15, -0.1) is 0 Å². The molecule has 2 rings (SSSR count). The lowest BCUT2D eigenvalue weighted by Gasteiger charge is -2.08. The number of ether oxygens (including phenoxy) is 2. The molecule has 0 radical (unpaired) electrons. The SMILES string of the molecule is COc1cc(N)cc(COCc2ccccc2F)c1. The number of benzene rings is 2. The number of hydrogen-bond acceptors (Lipinski definition) is 3. The zero-order chi connectivity index (χ0) is 13.7. The fourth-order valence-electron chi connectivity index (χ4n) is 1.78. The molecule has 0 aromatic heterocycles. The average Bonchev–Trinajstić information content (AvgIpc) is 2.40. The Bertz CT molecular complexity index is 558. The quantitative estimate of drug-likeness (QED) is 0.841. The molecule has 2 aromatic rings. The van der Waals surface area contributed by atoms with Crippen molar-refractivity contribution in [3.8, 4) is 5.75 Å². The Labute approximate surface area is 111 Å². The molecule has 4 heteroatoms. The summed E-state index contributed by atoms with van der Waals surface area (Å²) in [6.45, 7) is 0.583. The van der Waals surface area contributed by atoms with Gasteiger partial charge in [-0.2, -0.15) is 0 Å². The minimum Gasteiger partial charge on any atom is -0.497 e. The first-order chi connectivity index (χ1) is 9.19. The minimum atomic E-state index is -0.257. The summed E-state index contributed by atoms with van der Waals surface area (Å²) in [6.07, 6.45) is 0. The molecule has 0 bridgehead atoms. The molecule has 19 heavy (non-hydrogen) atoms. The number of nitrogen functional groups attached to an aromatic ring is 1. The molecule has 0 amide bonds. The van der Waals surface area contributed by atoms with Crippen LogP contribution in [0.25, 0.3) is 0 Å². The zero-order valence-electron chi connectivity index (χ0n) is 10.7. The van der Waals surface area contributed by atoms with E-state index < -0.39 is 0 Å². The Hall–Kier alpha value is -2.07. The molecule has 0 atom stereocenters. The summed E-state index contributed by atoms with van der Waals surface area (Å²) in [4.78, 5) is 0. The molecule has 0 aliphatic heterocycles. The Morgan fingerprint density at radius 3 is 2.63 bits per heavy atom. The molecule has 100 valence electrons. The second kappa shape index (κ2) is 6.20. The monoisotopic (exact) mass is 261 g/mol. The van der Waals surface area contributed by atoms with Crippen molar-refractivity contribution in [2.45, 2.75) is 13.2 Å². The van der Waals surface area contributed by atoms with Gasteiger partial charge in [-0.3, -0.25) is 0 Å². The van der Waals surface area contributed by atoms with Crippen molar-refractivity contribution in [2.75, 3.05) is 12.8 Å². The third kappa shape index (κ3) is 3.69. The van der Waals surface area contributed by atoms with Gasteiger partial charge in [-0.25, -0.2) is 4.39 Å². The van der Waals surface area contributed by atoms with E-state index >= 15 is 0 Å². The third-order valence-electron chi connectivity index (χ3n) is 2.71. The lowest BCUT2D eigenvalue weighted by molar-refractivity contribution is 0.105. The molecule has 0 heterocycles. The largest absolute Gasteiger partial charge is 0.497 e. The van der Waals surface area contributed by atoms with Gasteiger partial charge in [-0.1, -0.05) is 18.2 Å². The van der Waals surface area contributed by atoms with Crippen LogP contribution in [0.3, 0.4) is 0 Å². The van der Waals surface area contributed by atoms with Crippen molar-refractivity contribution < 1.29 is 13.9 Å². The van der Waals surface area contributed by atoms with Gasteiger partial charge in [0.05, 0.1) is 20.3 Å². The van der Waals surface area contributed by atoms with Crippen LogP contribution in [0.2, 0.25) is 0 Å². The van der Waals surface area contributed by atoms with Gasteiger partial charge >= 0.3 is 0 Å². The van der Waals surface area contributed by atoms with E-state index in [0.717, 1.165) is 5.56 Å². The van der Waals surface area contributed by atoms with Crippen molar-refractivity contribution in [1.29, 1.82) is 0 Å². The number of rotatable bonds is 5. The minimum absolute atomic E-state index is 0.226. The van der Waals surface area contributed by atoms with E-state index in [1.807, 2.05) is 12.1 Å². The maximum atomic E-state index is 13.4. The first kappa shape index (κ1) is 13.4. The summed E-state index contributed by atoms with van der Waals surface area (Å²) < 4.78 is 24.0. The second-order valence-electron chi connectivity index (χ2n) is 4.20. The smallest absolute Gasteiger partial charge is 0.128 e. The standard InChI is InChI=1S/C15H16FNO2/c1-18-14-7-11(6-13(17)8-14)9-19-10-12-4-2-3-5-15(12)16/h2-8H,9-10,17H2,1H3. The molecule has 0 spiro atoms. The molecule has 0 fully saturated rings. The lowest BCUT2D eigenvalue weighted by atomic mass is 10.2. The van der Waals surface area contributed by atoms with Gasteiger partial charge in [0.1, 0.15) is 11.6 Å². The van der Waals surface area contributed by atoms with Gasteiger partial charge in [0.25, 0.3) is 0 Å². The zero-order valence-corrected chi connectivity index (χ0v) is 10.7. The fraction of sp³-hybridized carbons (Fsp3) is 0.200. The lowest BCUT2D eigenvalue weighted by Crippen LogP contribution is -1.98. The Morgan fingerprint density at radius 1 is 1.11 bits per heavy atom. The van der Waals surface area contributed by atoms with Crippen molar-refractivity contribution in [1.82, 2.24) is 0 Å². The van der Waals surface area contributed by atoms with Gasteiger partial charge in [0.2, 0.25) is 0 Å². The van der Waals surface area contributed by atoms with Gasteiger partial charge in [-0.05, 0) is 23.8 Å². The molecule has 0 aliphatic carbocycles. The summed E-state index contributed by atoms with van der Waals surface area (Å²) in [5.74, 6) is 0.428. The highest BCUT2D eigenvalue weighted by molar-refractivity contribution is 5.47. The third-order valence-corrected chi connectivity index (χ3v) is 2.71. The van der Waals surface area contributed by atoms with E-state index in [-0.39, 0.29) is 12.4 Å². The number of nitrogens with two attached hydrogens (primary N) is 1. The van der Waals surface area contributed by atoms with E-state index in [2.05, 4.69) is 0 Å². The number of methoxy groups -OCH3 is 1. The Balaban J connectivity index is 1.96. The van der Waals surface area contributed by atoms with Crippen molar-refractivity contribution >= 4 is 5.69 Å². The normalized spacial score (nSPS) is 10.4. The Morgan fingerprint density at radius 2 is 1.89 bits per heavy atom. The molecular weight excluding hydrogens is 245 g/mol. The van der Waals surface area contributed by atoms with Crippen LogP contribution in [-0.2, 0) is 18.0 Å². The predicted molar refractivity (Wildman–Crippen MR) is 72.3 cm³/mol. The average molecular weight is 261 g/mol. The maximum absolute atomic E-state index is 13.4. The van der Waals surface area contributed by atoms with Crippen LogP contribution in [0.15, 0.2) is 42.5 Å². The van der Waals surface area contributed by atoms with E-state index in [1.165, 1.54) is 6.07 Å². The van der Waals surface area contributed by atoms with Gasteiger partial charge < -0.3 is 15.2 Å². The van der Waals surface area contributed by atoms with Gasteiger partial charge in [0, 0.05) is 17.3 Å². The van der Waals surface area contributed by atoms with E-state index in [1.54, 1.807) is 31.4 Å². The van der Waals surface area contributed by atoms with Crippen LogP contribution >= 0.6 is 0 Å². The predicted octanol–water partition coefficient (Wildman–Crippen LogP) is 3.13. The molecule has 0 aliphatic rings. The number of hydrogen-bond donors (Lipinski definition) is 1. The molecule has 0 saturated carbocycles. The van der Waals surface area contributed by atoms with E-state index in [4.69, 9.17) is 15.2 Å². The molecular formula is C15H16FNO2. The highest BCUT2D eigenvalue weighted by atomic mass is 19.1. The topological polar surface area (TPSA) is 44.5 Å². The van der Waals surface area contributed by atoms with Crippen LogP contribution < -0.4 is 10.5 Å². The first-order valence-electron chi connectivity index (χ1n) is 5.93. The second-order valence-corrected chi connectivity index (χ2v) is 4.20.